The number of likely N-dealkylation sites (N-methyl/N-ethyl adjacent to an activating group) is 1. The SMILES string of the molecule is CO[C@@H]1[C@@H](n2cc(-c3cc(F)c(Cl)c(F)c3)nn2)[C@@H](O)[C@@H](CO)O[C@H]1C(=O)N(C)c1ccc2ncsc2c1. The van der Waals surface area contributed by atoms with Crippen molar-refractivity contribution in [3.8, 4) is 11.3 Å². The first-order valence-corrected chi connectivity index (χ1v) is 12.6. The fourth-order valence-corrected chi connectivity index (χ4v) is 5.31. The number of aliphatic hydroxyl groups excluding tert-OH is 2. The van der Waals surface area contributed by atoms with E-state index in [0.717, 1.165) is 22.3 Å². The summed E-state index contributed by atoms with van der Waals surface area (Å²) in [6.07, 6.45) is -3.48. The van der Waals surface area contributed by atoms with Crippen LogP contribution in [0.5, 0.6) is 0 Å². The standard InChI is InChI=1S/C24H22ClF2N5O5S/c1-31(12-3-4-15-18(7-12)38-10-28-15)24(35)23-22(36-2)20(21(34)17(9-33)37-23)32-8-16(29-30-32)11-5-13(26)19(25)14(27)6-11/h3-8,10,17,20-23,33-34H,9H2,1-2H3/t17-,20+,21+,22-,23-/m1/s1. The Bertz CT molecular complexity index is 1460. The molecule has 4 aromatic rings. The van der Waals surface area contributed by atoms with Gasteiger partial charge in [-0.05, 0) is 30.3 Å². The van der Waals surface area contributed by atoms with E-state index >= 15 is 0 Å². The Balaban J connectivity index is 1.47. The number of methoxy groups -OCH3 is 1. The highest BCUT2D eigenvalue weighted by Crippen LogP contribution is 2.35. The van der Waals surface area contributed by atoms with E-state index < -0.39 is 59.6 Å². The van der Waals surface area contributed by atoms with Gasteiger partial charge in [-0.15, -0.1) is 16.4 Å². The molecule has 0 unspecified atom stereocenters. The molecule has 0 aliphatic carbocycles. The Morgan fingerprint density at radius 1 is 1.29 bits per heavy atom. The minimum Gasteiger partial charge on any atom is -0.394 e. The number of benzene rings is 2. The molecule has 1 amide bonds. The van der Waals surface area contributed by atoms with Crippen molar-refractivity contribution in [1.29, 1.82) is 0 Å². The van der Waals surface area contributed by atoms with Gasteiger partial charge in [0, 0.05) is 25.4 Å². The molecule has 2 N–H and O–H groups in total. The summed E-state index contributed by atoms with van der Waals surface area (Å²) in [5, 5.41) is 28.3. The predicted octanol–water partition coefficient (Wildman–Crippen LogP) is 2.83. The maximum absolute atomic E-state index is 14.0. The van der Waals surface area contributed by atoms with E-state index in [-0.39, 0.29) is 11.3 Å². The largest absolute Gasteiger partial charge is 0.394 e. The average Bonchev–Trinajstić information content (AvgIpc) is 3.59. The smallest absolute Gasteiger partial charge is 0.258 e. The molecule has 10 nitrogen and oxygen atoms in total. The van der Waals surface area contributed by atoms with Gasteiger partial charge in [0.05, 0.1) is 28.5 Å². The summed E-state index contributed by atoms with van der Waals surface area (Å²) in [5.74, 6) is -2.43. The van der Waals surface area contributed by atoms with Gasteiger partial charge in [0.2, 0.25) is 0 Å². The normalized spacial score (nSPS) is 23.6. The minimum atomic E-state index is -1.36. The second kappa shape index (κ2) is 10.6. The van der Waals surface area contributed by atoms with Crippen LogP contribution in [0.2, 0.25) is 5.02 Å². The van der Waals surface area contributed by atoms with Gasteiger partial charge in [-0.3, -0.25) is 4.79 Å². The third-order valence-corrected chi connectivity index (χ3v) is 7.66. The van der Waals surface area contributed by atoms with Gasteiger partial charge in [0.1, 0.15) is 46.7 Å². The second-order valence-corrected chi connectivity index (χ2v) is 9.96. The van der Waals surface area contributed by atoms with Crippen LogP contribution in [0.25, 0.3) is 21.5 Å². The number of hydrogen-bond donors (Lipinski definition) is 2. The molecule has 0 radical (unpaired) electrons. The highest BCUT2D eigenvalue weighted by Gasteiger charge is 2.50. The maximum Gasteiger partial charge on any atom is 0.258 e. The van der Waals surface area contributed by atoms with Crippen molar-refractivity contribution in [1.82, 2.24) is 20.0 Å². The zero-order valence-corrected chi connectivity index (χ0v) is 21.6. The number of thiazole rings is 1. The van der Waals surface area contributed by atoms with Gasteiger partial charge in [-0.1, -0.05) is 16.8 Å². The van der Waals surface area contributed by atoms with Crippen LogP contribution in [0.4, 0.5) is 14.5 Å². The maximum atomic E-state index is 14.0. The van der Waals surface area contributed by atoms with Gasteiger partial charge in [0.25, 0.3) is 5.91 Å². The van der Waals surface area contributed by atoms with Crippen molar-refractivity contribution in [3.63, 3.8) is 0 Å². The highest BCUT2D eigenvalue weighted by atomic mass is 35.5. The van der Waals surface area contributed by atoms with Crippen LogP contribution in [0.3, 0.4) is 0 Å². The van der Waals surface area contributed by atoms with E-state index in [1.807, 2.05) is 6.07 Å². The molecule has 5 atom stereocenters. The molecule has 200 valence electrons. The van der Waals surface area contributed by atoms with Crippen molar-refractivity contribution in [3.05, 3.63) is 58.7 Å². The Morgan fingerprint density at radius 2 is 2.03 bits per heavy atom. The van der Waals surface area contributed by atoms with Gasteiger partial charge >= 0.3 is 0 Å². The van der Waals surface area contributed by atoms with Crippen LogP contribution in [-0.2, 0) is 14.3 Å². The number of ether oxygens (including phenoxy) is 2. The zero-order chi connectivity index (χ0) is 27.1. The minimum absolute atomic E-state index is 0.0655. The van der Waals surface area contributed by atoms with Gasteiger partial charge in [-0.25, -0.2) is 18.4 Å². The molecule has 1 fully saturated rings. The molecular formula is C24H22ClF2N5O5S. The number of fused-ring (bicyclic) bond motifs is 1. The summed E-state index contributed by atoms with van der Waals surface area (Å²) in [4.78, 5) is 19.3. The van der Waals surface area contributed by atoms with E-state index in [0.29, 0.717) is 5.69 Å². The van der Waals surface area contributed by atoms with Crippen LogP contribution >= 0.6 is 22.9 Å². The fraction of sp³-hybridized carbons (Fsp3) is 0.333. The van der Waals surface area contributed by atoms with E-state index in [1.165, 1.54) is 34.2 Å². The number of rotatable bonds is 6. The molecular weight excluding hydrogens is 544 g/mol. The van der Waals surface area contributed by atoms with Gasteiger partial charge in [-0.2, -0.15) is 0 Å². The Hall–Kier alpha value is -3.07. The van der Waals surface area contributed by atoms with Crippen LogP contribution in [0, 0.1) is 11.6 Å². The fourth-order valence-electron chi connectivity index (χ4n) is 4.49. The number of aromatic nitrogens is 4. The topological polar surface area (TPSA) is 123 Å². The van der Waals surface area contributed by atoms with Crippen LogP contribution in [0.15, 0.2) is 42.0 Å². The molecule has 1 saturated heterocycles. The number of hydrogen-bond acceptors (Lipinski definition) is 9. The van der Waals surface area contributed by atoms with Crippen molar-refractivity contribution < 1.29 is 33.3 Å². The van der Waals surface area contributed by atoms with Crippen molar-refractivity contribution in [2.24, 2.45) is 0 Å². The molecule has 0 spiro atoms. The molecule has 1 aliphatic heterocycles. The van der Waals surface area contributed by atoms with Crippen LogP contribution < -0.4 is 4.90 Å². The molecule has 0 saturated carbocycles. The highest BCUT2D eigenvalue weighted by molar-refractivity contribution is 7.16. The Kier molecular flexibility index (Phi) is 7.40. The number of halogens is 3. The molecule has 2 aromatic carbocycles. The molecule has 3 heterocycles. The van der Waals surface area contributed by atoms with Crippen molar-refractivity contribution in [2.45, 2.75) is 30.5 Å². The van der Waals surface area contributed by atoms with E-state index in [1.54, 1.807) is 24.7 Å². The summed E-state index contributed by atoms with van der Waals surface area (Å²) < 4.78 is 41.6. The summed E-state index contributed by atoms with van der Waals surface area (Å²) in [5.41, 5.74) is 3.25. The van der Waals surface area contributed by atoms with Crippen molar-refractivity contribution >= 4 is 44.7 Å². The Labute approximate surface area is 224 Å². The van der Waals surface area contributed by atoms with Crippen molar-refractivity contribution in [2.75, 3.05) is 25.7 Å². The third-order valence-electron chi connectivity index (χ3n) is 6.51. The molecule has 0 bridgehead atoms. The summed E-state index contributed by atoms with van der Waals surface area (Å²) in [7, 11) is 2.92. The first kappa shape index (κ1) is 26.5. The van der Waals surface area contributed by atoms with E-state index in [9.17, 15) is 23.8 Å². The number of nitrogens with zero attached hydrogens (tertiary/aromatic N) is 5. The lowest BCUT2D eigenvalue weighted by Gasteiger charge is -2.43. The monoisotopic (exact) mass is 565 g/mol. The summed E-state index contributed by atoms with van der Waals surface area (Å²) >= 11 is 7.01. The number of carbonyl (C=O) groups is 1. The summed E-state index contributed by atoms with van der Waals surface area (Å²) in [6, 6.07) is 6.33. The van der Waals surface area contributed by atoms with E-state index in [2.05, 4.69) is 15.3 Å². The van der Waals surface area contributed by atoms with Crippen LogP contribution in [0.1, 0.15) is 6.04 Å². The second-order valence-electron chi connectivity index (χ2n) is 8.70. The number of amides is 1. The summed E-state index contributed by atoms with van der Waals surface area (Å²) in [6.45, 7) is -0.594. The van der Waals surface area contributed by atoms with Gasteiger partial charge in [0.15, 0.2) is 6.10 Å². The number of carbonyl (C=O) groups excluding carboxylic acids is 1. The van der Waals surface area contributed by atoms with Gasteiger partial charge < -0.3 is 24.6 Å². The molecule has 38 heavy (non-hydrogen) atoms. The number of aliphatic hydroxyl groups is 2. The Morgan fingerprint density at radius 3 is 2.71 bits per heavy atom. The predicted molar refractivity (Wildman–Crippen MR) is 135 cm³/mol. The lowest BCUT2D eigenvalue weighted by molar-refractivity contribution is -0.211. The average molecular weight is 566 g/mol. The first-order chi connectivity index (χ1) is 18.2. The molecule has 5 rings (SSSR count). The molecule has 14 heteroatoms. The molecule has 2 aromatic heterocycles. The first-order valence-electron chi connectivity index (χ1n) is 11.4. The third kappa shape index (κ3) is 4.65. The quantitative estimate of drug-likeness (QED) is 0.342. The lowest BCUT2D eigenvalue weighted by Crippen LogP contribution is -2.60. The van der Waals surface area contributed by atoms with Crippen LogP contribution in [-0.4, -0.2) is 81.3 Å². The zero-order valence-electron chi connectivity index (χ0n) is 20.0. The molecule has 1 aliphatic rings. The number of anilines is 1. The van der Waals surface area contributed by atoms with E-state index in [4.69, 9.17) is 21.1 Å². The lowest BCUT2D eigenvalue weighted by atomic mass is 9.91.